The van der Waals surface area contributed by atoms with Gasteiger partial charge in [-0.05, 0) is 18.4 Å². The van der Waals surface area contributed by atoms with Crippen LogP contribution in [0.2, 0.25) is 0 Å². The van der Waals surface area contributed by atoms with Crippen LogP contribution in [0, 0.1) is 23.7 Å². The summed E-state index contributed by atoms with van der Waals surface area (Å²) in [6.45, 7) is 5.21. The summed E-state index contributed by atoms with van der Waals surface area (Å²) in [6, 6.07) is 0. The van der Waals surface area contributed by atoms with E-state index in [1.807, 2.05) is 18.2 Å². The van der Waals surface area contributed by atoms with Gasteiger partial charge in [-0.3, -0.25) is 0 Å². The zero-order chi connectivity index (χ0) is 12.3. The first-order chi connectivity index (χ1) is 8.75. The number of hydrogen-bond donors (Lipinski definition) is 1. The Balaban J connectivity index is 1.79. The number of aliphatic hydroxyl groups is 1. The smallest absolute Gasteiger partial charge is 0.191 e. The largest absolute Gasteiger partial charge is 0.368 e. The monoisotopic (exact) mass is 250 g/mol. The lowest BCUT2D eigenvalue weighted by atomic mass is 9.74. The minimum Gasteiger partial charge on any atom is -0.368 e. The number of allylic oxidation sites excluding steroid dienone is 1. The molecule has 0 aromatic carbocycles. The Morgan fingerprint density at radius 2 is 2.11 bits per heavy atom. The van der Waals surface area contributed by atoms with E-state index in [0.29, 0.717) is 19.1 Å². The number of rotatable bonds is 1. The Hall–Kier alpha value is -0.680. The van der Waals surface area contributed by atoms with Gasteiger partial charge in [0.15, 0.2) is 12.1 Å². The van der Waals surface area contributed by atoms with Gasteiger partial charge in [0.2, 0.25) is 0 Å². The van der Waals surface area contributed by atoms with Crippen molar-refractivity contribution < 1.29 is 19.3 Å². The molecule has 98 valence electrons. The zero-order valence-electron chi connectivity index (χ0n) is 10.2. The van der Waals surface area contributed by atoms with Crippen LogP contribution in [0.1, 0.15) is 6.42 Å². The summed E-state index contributed by atoms with van der Waals surface area (Å²) in [5.41, 5.74) is 0. The Bertz CT molecular complexity index is 399. The SMILES string of the molecule is C=C[C@H]1CC2C(O)O[C@@H]3C=CC4(OCCO4)[C@H]1[C@H]23. The predicted molar refractivity (Wildman–Crippen MR) is 63.4 cm³/mol. The fraction of sp³-hybridized carbons (Fsp3) is 0.714. The van der Waals surface area contributed by atoms with Crippen LogP contribution in [0.5, 0.6) is 0 Å². The fourth-order valence-electron chi connectivity index (χ4n) is 4.33. The minimum absolute atomic E-state index is 0.00150. The number of hydrogen-bond acceptors (Lipinski definition) is 4. The van der Waals surface area contributed by atoms with Crippen LogP contribution in [-0.4, -0.2) is 36.5 Å². The van der Waals surface area contributed by atoms with Gasteiger partial charge in [0.1, 0.15) is 0 Å². The molecule has 0 bridgehead atoms. The average molecular weight is 250 g/mol. The molecule has 4 nitrogen and oxygen atoms in total. The molecule has 4 rings (SSSR count). The highest BCUT2D eigenvalue weighted by Gasteiger charge is 2.63. The summed E-state index contributed by atoms with van der Waals surface area (Å²) >= 11 is 0. The Morgan fingerprint density at radius 1 is 1.33 bits per heavy atom. The standard InChI is InChI=1S/C14H18O4/c1-2-8-7-9-11-10(18-13(9)15)3-4-14(12(8)11)16-5-6-17-14/h2-4,8-13,15H,1,5-7H2/t8-,9?,10+,11+,12+,13?/m0/s1. The molecule has 2 aliphatic carbocycles. The molecule has 2 aliphatic heterocycles. The first-order valence-corrected chi connectivity index (χ1v) is 6.68. The lowest BCUT2D eigenvalue weighted by molar-refractivity contribution is -0.185. The summed E-state index contributed by atoms with van der Waals surface area (Å²) in [5.74, 6) is 0.393. The molecule has 0 aromatic rings. The van der Waals surface area contributed by atoms with E-state index < -0.39 is 12.1 Å². The van der Waals surface area contributed by atoms with E-state index in [1.165, 1.54) is 0 Å². The number of aliphatic hydroxyl groups excluding tert-OH is 1. The van der Waals surface area contributed by atoms with Crippen LogP contribution >= 0.6 is 0 Å². The van der Waals surface area contributed by atoms with Gasteiger partial charge in [-0.25, -0.2) is 0 Å². The van der Waals surface area contributed by atoms with E-state index in [-0.39, 0.29) is 23.9 Å². The number of ether oxygens (including phenoxy) is 3. The summed E-state index contributed by atoms with van der Waals surface area (Å²) in [5, 5.41) is 10.0. The van der Waals surface area contributed by atoms with E-state index in [1.54, 1.807) is 0 Å². The second kappa shape index (κ2) is 3.67. The van der Waals surface area contributed by atoms with Crippen molar-refractivity contribution in [1.82, 2.24) is 0 Å². The van der Waals surface area contributed by atoms with Crippen LogP contribution in [0.15, 0.2) is 24.8 Å². The molecule has 1 N–H and O–H groups in total. The molecular weight excluding hydrogens is 232 g/mol. The maximum absolute atomic E-state index is 10.0. The maximum atomic E-state index is 10.0. The van der Waals surface area contributed by atoms with Crippen LogP contribution in [0.4, 0.5) is 0 Å². The highest BCUT2D eigenvalue weighted by Crippen LogP contribution is 2.58. The summed E-state index contributed by atoms with van der Waals surface area (Å²) in [6.07, 6.45) is 6.22. The highest BCUT2D eigenvalue weighted by atomic mass is 16.7. The predicted octanol–water partition coefficient (Wildman–Crippen LogP) is 1.07. The second-order valence-corrected chi connectivity index (χ2v) is 5.67. The molecule has 2 saturated heterocycles. The zero-order valence-corrected chi connectivity index (χ0v) is 10.2. The lowest BCUT2D eigenvalue weighted by Crippen LogP contribution is -2.47. The fourth-order valence-corrected chi connectivity index (χ4v) is 4.33. The first kappa shape index (κ1) is 11.2. The quantitative estimate of drug-likeness (QED) is 0.707. The van der Waals surface area contributed by atoms with Crippen molar-refractivity contribution in [2.24, 2.45) is 23.7 Å². The third-order valence-corrected chi connectivity index (χ3v) is 4.98. The van der Waals surface area contributed by atoms with Crippen LogP contribution in [-0.2, 0) is 14.2 Å². The second-order valence-electron chi connectivity index (χ2n) is 5.67. The molecule has 1 saturated carbocycles. The molecule has 6 atom stereocenters. The molecule has 4 heteroatoms. The molecule has 2 heterocycles. The van der Waals surface area contributed by atoms with Crippen molar-refractivity contribution in [2.45, 2.75) is 24.6 Å². The molecule has 4 aliphatic rings. The molecule has 2 unspecified atom stereocenters. The highest BCUT2D eigenvalue weighted by molar-refractivity contribution is 5.21. The van der Waals surface area contributed by atoms with Crippen molar-refractivity contribution in [3.63, 3.8) is 0 Å². The van der Waals surface area contributed by atoms with E-state index in [9.17, 15) is 5.11 Å². The summed E-state index contributed by atoms with van der Waals surface area (Å²) in [7, 11) is 0. The molecule has 0 aromatic heterocycles. The van der Waals surface area contributed by atoms with Crippen LogP contribution in [0.25, 0.3) is 0 Å². The van der Waals surface area contributed by atoms with Crippen molar-refractivity contribution >= 4 is 0 Å². The van der Waals surface area contributed by atoms with Crippen molar-refractivity contribution in [3.05, 3.63) is 24.8 Å². The molecule has 1 spiro atoms. The normalized spacial score (nSPS) is 51.8. The van der Waals surface area contributed by atoms with Gasteiger partial charge >= 0.3 is 0 Å². The summed E-state index contributed by atoms with van der Waals surface area (Å²) < 4.78 is 17.4. The molecular formula is C14H18O4. The molecule has 0 radical (unpaired) electrons. The van der Waals surface area contributed by atoms with E-state index in [4.69, 9.17) is 14.2 Å². The summed E-state index contributed by atoms with van der Waals surface area (Å²) in [4.78, 5) is 0. The Kier molecular flexibility index (Phi) is 2.28. The lowest BCUT2D eigenvalue weighted by Gasteiger charge is -2.41. The van der Waals surface area contributed by atoms with Gasteiger partial charge in [-0.2, -0.15) is 0 Å². The van der Waals surface area contributed by atoms with Gasteiger partial charge in [0, 0.05) is 17.8 Å². The first-order valence-electron chi connectivity index (χ1n) is 6.68. The van der Waals surface area contributed by atoms with Crippen LogP contribution in [0.3, 0.4) is 0 Å². The van der Waals surface area contributed by atoms with Crippen LogP contribution < -0.4 is 0 Å². The minimum atomic E-state index is -0.659. The van der Waals surface area contributed by atoms with E-state index in [0.717, 1.165) is 6.42 Å². The van der Waals surface area contributed by atoms with E-state index >= 15 is 0 Å². The molecule has 3 fully saturated rings. The van der Waals surface area contributed by atoms with Crippen molar-refractivity contribution in [2.75, 3.05) is 13.2 Å². The maximum Gasteiger partial charge on any atom is 0.191 e. The third kappa shape index (κ3) is 1.24. The topological polar surface area (TPSA) is 47.9 Å². The average Bonchev–Trinajstić information content (AvgIpc) is 3.04. The van der Waals surface area contributed by atoms with Gasteiger partial charge in [0.05, 0.1) is 19.3 Å². The number of fused-ring (bicyclic) bond motifs is 1. The van der Waals surface area contributed by atoms with Gasteiger partial charge < -0.3 is 19.3 Å². The van der Waals surface area contributed by atoms with Crippen molar-refractivity contribution in [3.8, 4) is 0 Å². The molecule has 0 amide bonds. The van der Waals surface area contributed by atoms with Crippen molar-refractivity contribution in [1.29, 1.82) is 0 Å². The third-order valence-electron chi connectivity index (χ3n) is 4.98. The van der Waals surface area contributed by atoms with Gasteiger partial charge in [0.25, 0.3) is 0 Å². The molecule has 18 heavy (non-hydrogen) atoms. The Labute approximate surface area is 106 Å². The van der Waals surface area contributed by atoms with Gasteiger partial charge in [-0.1, -0.05) is 12.2 Å². The Morgan fingerprint density at radius 3 is 2.83 bits per heavy atom. The van der Waals surface area contributed by atoms with Gasteiger partial charge in [-0.15, -0.1) is 6.58 Å². The van der Waals surface area contributed by atoms with E-state index in [2.05, 4.69) is 6.58 Å².